The van der Waals surface area contributed by atoms with Crippen LogP contribution in [-0.4, -0.2) is 48.3 Å². The number of thioether (sulfide) groups is 1. The Morgan fingerprint density at radius 2 is 1.80 bits per heavy atom. The van der Waals surface area contributed by atoms with Crippen molar-refractivity contribution >= 4 is 11.8 Å². The van der Waals surface area contributed by atoms with Gasteiger partial charge in [-0.25, -0.2) is 0 Å². The monoisotopic (exact) mass is 306 g/mol. The van der Waals surface area contributed by atoms with E-state index in [0.717, 1.165) is 31.7 Å². The molecule has 20 heavy (non-hydrogen) atoms. The van der Waals surface area contributed by atoms with Crippen molar-refractivity contribution in [3.63, 3.8) is 0 Å². The van der Waals surface area contributed by atoms with Crippen LogP contribution in [0.25, 0.3) is 0 Å². The summed E-state index contributed by atoms with van der Waals surface area (Å²) in [5.74, 6) is 0. The molecule has 0 radical (unpaired) electrons. The number of piperazine rings is 1. The Bertz CT molecular complexity index is 419. The van der Waals surface area contributed by atoms with Gasteiger partial charge in [-0.3, -0.25) is 4.90 Å². The van der Waals surface area contributed by atoms with Gasteiger partial charge in [-0.15, -0.1) is 0 Å². The van der Waals surface area contributed by atoms with Crippen LogP contribution in [0.4, 0.5) is 13.2 Å². The lowest BCUT2D eigenvalue weighted by atomic mass is 10.1. The maximum Gasteiger partial charge on any atom is 0.446 e. The number of nitrogens with one attached hydrogen (secondary N) is 1. The number of alkyl halides is 3. The number of benzene rings is 1. The Balaban J connectivity index is 2.06. The van der Waals surface area contributed by atoms with Gasteiger partial charge in [0, 0.05) is 31.1 Å². The van der Waals surface area contributed by atoms with Crippen molar-refractivity contribution in [1.82, 2.24) is 10.2 Å². The predicted molar refractivity (Wildman–Crippen MR) is 72.6 cm³/mol. The highest BCUT2D eigenvalue weighted by Gasteiger charge is 2.29. The molecule has 0 spiro atoms. The maximum absolute atomic E-state index is 12.3. The summed E-state index contributed by atoms with van der Waals surface area (Å²) < 4.78 is 36.8. The first-order valence-corrected chi connectivity index (χ1v) is 7.22. The molecule has 0 saturated carbocycles. The lowest BCUT2D eigenvalue weighted by Gasteiger charge is -2.34. The molecular formula is C13H17F3N2OS. The lowest BCUT2D eigenvalue weighted by molar-refractivity contribution is -0.0328. The topological polar surface area (TPSA) is 35.5 Å². The summed E-state index contributed by atoms with van der Waals surface area (Å²) in [5.41, 5.74) is -3.42. The van der Waals surface area contributed by atoms with Crippen LogP contribution < -0.4 is 5.32 Å². The minimum absolute atomic E-state index is 0.0360. The normalized spacial score (nSPS) is 19.0. The Morgan fingerprint density at radius 3 is 2.30 bits per heavy atom. The molecule has 0 unspecified atom stereocenters. The van der Waals surface area contributed by atoms with Crippen LogP contribution in [0, 0.1) is 0 Å². The number of hydrogen-bond donors (Lipinski definition) is 2. The van der Waals surface area contributed by atoms with Crippen molar-refractivity contribution in [3.8, 4) is 0 Å². The summed E-state index contributed by atoms with van der Waals surface area (Å²) in [6.07, 6.45) is 0. The molecule has 2 N–H and O–H groups in total. The molecule has 1 saturated heterocycles. The number of aliphatic hydroxyl groups is 1. The van der Waals surface area contributed by atoms with E-state index in [-0.39, 0.29) is 29.3 Å². The zero-order chi connectivity index (χ0) is 14.6. The molecule has 1 fully saturated rings. The van der Waals surface area contributed by atoms with Crippen LogP contribution in [0.3, 0.4) is 0 Å². The van der Waals surface area contributed by atoms with E-state index in [1.54, 1.807) is 12.1 Å². The van der Waals surface area contributed by atoms with Gasteiger partial charge in [0.2, 0.25) is 0 Å². The molecule has 7 heteroatoms. The van der Waals surface area contributed by atoms with E-state index in [1.165, 1.54) is 12.1 Å². The molecule has 112 valence electrons. The minimum atomic E-state index is -4.27. The quantitative estimate of drug-likeness (QED) is 0.836. The van der Waals surface area contributed by atoms with Crippen molar-refractivity contribution in [2.24, 2.45) is 0 Å². The third-order valence-corrected chi connectivity index (χ3v) is 4.00. The second-order valence-electron chi connectivity index (χ2n) is 4.60. The molecule has 1 heterocycles. The van der Waals surface area contributed by atoms with Gasteiger partial charge in [0.15, 0.2) is 0 Å². The van der Waals surface area contributed by atoms with Gasteiger partial charge in [0.1, 0.15) is 0 Å². The smallest absolute Gasteiger partial charge is 0.394 e. The van der Waals surface area contributed by atoms with Gasteiger partial charge in [-0.05, 0) is 29.5 Å². The molecule has 3 nitrogen and oxygen atoms in total. The van der Waals surface area contributed by atoms with Gasteiger partial charge < -0.3 is 10.4 Å². The molecule has 0 amide bonds. The summed E-state index contributed by atoms with van der Waals surface area (Å²) >= 11 is -0.122. The average molecular weight is 306 g/mol. The molecule has 1 aliphatic heterocycles. The Kier molecular flexibility index (Phi) is 5.31. The van der Waals surface area contributed by atoms with E-state index < -0.39 is 5.51 Å². The Hall–Kier alpha value is -0.760. The summed E-state index contributed by atoms with van der Waals surface area (Å²) in [6, 6.07) is 6.09. The zero-order valence-corrected chi connectivity index (χ0v) is 11.7. The summed E-state index contributed by atoms with van der Waals surface area (Å²) in [7, 11) is 0. The summed E-state index contributed by atoms with van der Waals surface area (Å²) in [5, 5.41) is 12.8. The van der Waals surface area contributed by atoms with Crippen LogP contribution in [0.2, 0.25) is 0 Å². The maximum atomic E-state index is 12.3. The number of nitrogens with zero attached hydrogens (tertiary/aromatic N) is 1. The van der Waals surface area contributed by atoms with Crippen molar-refractivity contribution < 1.29 is 18.3 Å². The van der Waals surface area contributed by atoms with Gasteiger partial charge in [-0.2, -0.15) is 13.2 Å². The molecule has 0 aromatic heterocycles. The van der Waals surface area contributed by atoms with Crippen LogP contribution in [0.15, 0.2) is 29.2 Å². The van der Waals surface area contributed by atoms with Gasteiger partial charge >= 0.3 is 5.51 Å². The van der Waals surface area contributed by atoms with Crippen molar-refractivity contribution in [3.05, 3.63) is 29.8 Å². The molecule has 1 atom stereocenters. The lowest BCUT2D eigenvalue weighted by Crippen LogP contribution is -2.46. The van der Waals surface area contributed by atoms with Gasteiger partial charge in [0.05, 0.1) is 12.6 Å². The average Bonchev–Trinajstić information content (AvgIpc) is 2.41. The number of hydrogen-bond acceptors (Lipinski definition) is 4. The van der Waals surface area contributed by atoms with Crippen molar-refractivity contribution in [1.29, 1.82) is 0 Å². The third-order valence-electron chi connectivity index (χ3n) is 3.26. The number of aliphatic hydroxyl groups excluding tert-OH is 1. The number of rotatable bonds is 4. The fourth-order valence-electron chi connectivity index (χ4n) is 2.32. The Morgan fingerprint density at radius 1 is 1.20 bits per heavy atom. The predicted octanol–water partition coefficient (Wildman–Crippen LogP) is 2.24. The van der Waals surface area contributed by atoms with Crippen molar-refractivity contribution in [2.45, 2.75) is 16.4 Å². The first-order chi connectivity index (χ1) is 9.49. The van der Waals surface area contributed by atoms with E-state index in [4.69, 9.17) is 0 Å². The third kappa shape index (κ3) is 4.37. The van der Waals surface area contributed by atoms with Crippen molar-refractivity contribution in [2.75, 3.05) is 32.8 Å². The second-order valence-corrected chi connectivity index (χ2v) is 5.74. The molecule has 1 aromatic carbocycles. The van der Waals surface area contributed by atoms with Crippen LogP contribution in [0.5, 0.6) is 0 Å². The summed E-state index contributed by atoms with van der Waals surface area (Å²) in [6.45, 7) is 3.33. The largest absolute Gasteiger partial charge is 0.446 e. The van der Waals surface area contributed by atoms with Gasteiger partial charge in [-0.1, -0.05) is 12.1 Å². The molecule has 1 aromatic rings. The Labute approximate surface area is 120 Å². The van der Waals surface area contributed by atoms with E-state index in [9.17, 15) is 18.3 Å². The molecule has 0 bridgehead atoms. The van der Waals surface area contributed by atoms with Crippen LogP contribution in [-0.2, 0) is 0 Å². The second kappa shape index (κ2) is 6.80. The zero-order valence-electron chi connectivity index (χ0n) is 10.9. The first kappa shape index (κ1) is 15.6. The highest BCUT2D eigenvalue weighted by molar-refractivity contribution is 8.00. The van der Waals surface area contributed by atoms with E-state index >= 15 is 0 Å². The number of halogens is 3. The molecule has 0 aliphatic carbocycles. The molecule has 1 aliphatic rings. The fraction of sp³-hybridized carbons (Fsp3) is 0.538. The highest BCUT2D eigenvalue weighted by atomic mass is 32.2. The molecule has 2 rings (SSSR count). The standard InChI is InChI=1S/C13H17F3N2OS/c14-13(15,16)20-11-3-1-10(2-4-11)12(9-19)18-7-5-17-6-8-18/h1-4,12,17,19H,5-9H2/t12-/m1/s1. The SMILES string of the molecule is OC[C@H](c1ccc(SC(F)(F)F)cc1)N1CCNCC1. The minimum Gasteiger partial charge on any atom is -0.394 e. The first-order valence-electron chi connectivity index (χ1n) is 6.41. The van der Waals surface area contributed by atoms with E-state index in [2.05, 4.69) is 10.2 Å². The van der Waals surface area contributed by atoms with Crippen LogP contribution in [0.1, 0.15) is 11.6 Å². The highest BCUT2D eigenvalue weighted by Crippen LogP contribution is 2.37. The van der Waals surface area contributed by atoms with Gasteiger partial charge in [0.25, 0.3) is 0 Å². The van der Waals surface area contributed by atoms with Crippen LogP contribution >= 0.6 is 11.8 Å². The van der Waals surface area contributed by atoms with E-state index in [1.807, 2.05) is 0 Å². The van der Waals surface area contributed by atoms with E-state index in [0.29, 0.717) is 0 Å². The fourth-order valence-corrected chi connectivity index (χ4v) is 2.86. The summed E-state index contributed by atoms with van der Waals surface area (Å²) in [4.78, 5) is 2.31. The molecular weight excluding hydrogens is 289 g/mol.